The van der Waals surface area contributed by atoms with Crippen LogP contribution in [0.4, 0.5) is 5.69 Å². The second-order valence-corrected chi connectivity index (χ2v) is 20.3. The molecule has 2 aromatic carbocycles. The van der Waals surface area contributed by atoms with Crippen LogP contribution in [0.2, 0.25) is 18.1 Å². The molecule has 5 rings (SSSR count). The maximum absolute atomic E-state index is 14.0. The van der Waals surface area contributed by atoms with Crippen LogP contribution in [-0.2, 0) is 32.4 Å². The molecular weight excluding hydrogens is 525 g/mol. The Hall–Kier alpha value is -2.16. The van der Waals surface area contributed by atoms with Gasteiger partial charge in [0, 0.05) is 30.7 Å². The molecule has 3 aliphatic rings. The number of ether oxygens (including phenoxy) is 1. The minimum atomic E-state index is -3.76. The van der Waals surface area contributed by atoms with Crippen molar-refractivity contribution in [1.29, 1.82) is 0 Å². The number of anilines is 1. The number of carbonyl (C=O) groups excluding carboxylic acids is 1. The summed E-state index contributed by atoms with van der Waals surface area (Å²) in [7, 11) is -4.24. The Bertz CT molecular complexity index is 1380. The molecule has 2 aromatic rings. The molecule has 0 bridgehead atoms. The van der Waals surface area contributed by atoms with Gasteiger partial charge in [0.15, 0.2) is 8.24 Å². The van der Waals surface area contributed by atoms with Crippen molar-refractivity contribution in [2.45, 2.75) is 101 Å². The van der Waals surface area contributed by atoms with E-state index in [1.807, 2.05) is 26.0 Å². The third kappa shape index (κ3) is 4.38. The van der Waals surface area contributed by atoms with Gasteiger partial charge in [0.1, 0.15) is 0 Å². The van der Waals surface area contributed by atoms with Crippen molar-refractivity contribution in [3.8, 4) is 0 Å². The molecule has 0 aromatic heterocycles. The highest BCUT2D eigenvalue weighted by molar-refractivity contribution is 7.89. The van der Waals surface area contributed by atoms with Gasteiger partial charge >= 0.3 is 5.97 Å². The Morgan fingerprint density at radius 1 is 1.10 bits per heavy atom. The van der Waals surface area contributed by atoms with E-state index in [0.29, 0.717) is 17.9 Å². The first-order valence-corrected chi connectivity index (χ1v) is 18.8. The summed E-state index contributed by atoms with van der Waals surface area (Å²) < 4.78 is 37.8. The Morgan fingerprint density at radius 3 is 2.38 bits per heavy atom. The first-order chi connectivity index (χ1) is 18.2. The van der Waals surface area contributed by atoms with Gasteiger partial charge in [-0.05, 0) is 73.4 Å². The second kappa shape index (κ2) is 9.74. The molecule has 1 heterocycles. The van der Waals surface area contributed by atoms with E-state index in [2.05, 4.69) is 50.6 Å². The summed E-state index contributed by atoms with van der Waals surface area (Å²) in [5.41, 5.74) is 6.35. The van der Waals surface area contributed by atoms with Crippen molar-refractivity contribution in [2.24, 2.45) is 5.92 Å². The highest BCUT2D eigenvalue weighted by Gasteiger charge is 2.62. The molecule has 1 aliphatic heterocycles. The van der Waals surface area contributed by atoms with Gasteiger partial charge in [-0.2, -0.15) is 4.31 Å². The number of nitrogens with zero attached hydrogens (tertiary/aromatic N) is 2. The second-order valence-electron chi connectivity index (χ2n) is 13.2. The summed E-state index contributed by atoms with van der Waals surface area (Å²) in [5, 5.41) is 0.0393. The number of fused-ring (bicyclic) bond motifs is 5. The summed E-state index contributed by atoms with van der Waals surface area (Å²) in [6.45, 7) is 15.9. The molecule has 0 N–H and O–H groups in total. The Kier molecular flexibility index (Phi) is 7.08. The monoisotopic (exact) mass is 568 g/mol. The van der Waals surface area contributed by atoms with Crippen LogP contribution >= 0.6 is 0 Å². The molecule has 6 nitrogen and oxygen atoms in total. The number of esters is 1. The van der Waals surface area contributed by atoms with E-state index >= 15 is 0 Å². The average molecular weight is 569 g/mol. The molecular formula is C31H44N2O4SSi. The van der Waals surface area contributed by atoms with E-state index in [4.69, 9.17) is 4.74 Å². The average Bonchev–Trinajstić information content (AvgIpc) is 3.56. The molecule has 1 fully saturated rings. The quantitative estimate of drug-likeness (QED) is 0.314. The maximum atomic E-state index is 14.0. The van der Waals surface area contributed by atoms with Crippen LogP contribution in [0.25, 0.3) is 0 Å². The van der Waals surface area contributed by atoms with Gasteiger partial charge in [-0.3, -0.25) is 4.79 Å². The van der Waals surface area contributed by atoms with Crippen molar-refractivity contribution in [3.63, 3.8) is 0 Å². The SMILES string of the molecule is CCOC(=O)[C@H]1C[C@@H](N(C)S(=O)(=O)c2ccc(C)cc2)[C@@H]2c3ccc4c(c3N([Si](C)(C)C(C)(C)C)[C@@H]21)CCC4. The summed E-state index contributed by atoms with van der Waals surface area (Å²) in [6.07, 6.45) is 3.71. The molecule has 8 heteroatoms. The number of rotatable bonds is 6. The molecule has 0 spiro atoms. The maximum Gasteiger partial charge on any atom is 0.311 e. The summed E-state index contributed by atoms with van der Waals surface area (Å²) in [5.74, 6) is -0.696. The number of hydrogen-bond acceptors (Lipinski definition) is 5. The van der Waals surface area contributed by atoms with Gasteiger partial charge in [0.25, 0.3) is 0 Å². The van der Waals surface area contributed by atoms with E-state index in [9.17, 15) is 13.2 Å². The van der Waals surface area contributed by atoms with Crippen LogP contribution < -0.4 is 4.57 Å². The summed E-state index contributed by atoms with van der Waals surface area (Å²) in [6, 6.07) is 11.1. The topological polar surface area (TPSA) is 66.9 Å². The fourth-order valence-corrected chi connectivity index (χ4v) is 11.1. The largest absolute Gasteiger partial charge is 0.466 e. The van der Waals surface area contributed by atoms with Gasteiger partial charge in [0.2, 0.25) is 10.0 Å². The van der Waals surface area contributed by atoms with Crippen LogP contribution in [0.5, 0.6) is 0 Å². The lowest BCUT2D eigenvalue weighted by molar-refractivity contribution is -0.148. The molecule has 2 aliphatic carbocycles. The van der Waals surface area contributed by atoms with Crippen molar-refractivity contribution in [1.82, 2.24) is 4.31 Å². The number of sulfonamides is 1. The predicted octanol–water partition coefficient (Wildman–Crippen LogP) is 6.03. The summed E-state index contributed by atoms with van der Waals surface area (Å²) >= 11 is 0. The fraction of sp³-hybridized carbons (Fsp3) is 0.581. The van der Waals surface area contributed by atoms with Gasteiger partial charge in [-0.1, -0.05) is 63.7 Å². The smallest absolute Gasteiger partial charge is 0.311 e. The first-order valence-electron chi connectivity index (χ1n) is 14.4. The highest BCUT2D eigenvalue weighted by Crippen LogP contribution is 2.59. The molecule has 1 saturated carbocycles. The van der Waals surface area contributed by atoms with E-state index in [-0.39, 0.29) is 29.0 Å². The van der Waals surface area contributed by atoms with Crippen molar-refractivity contribution in [3.05, 3.63) is 58.7 Å². The number of likely N-dealkylation sites (N-methyl/N-ethyl adjacent to an activating group) is 1. The minimum Gasteiger partial charge on any atom is -0.466 e. The van der Waals surface area contributed by atoms with Crippen molar-refractivity contribution in [2.75, 3.05) is 18.2 Å². The Balaban J connectivity index is 1.70. The number of aryl methyl sites for hydroxylation is 2. The van der Waals surface area contributed by atoms with Crippen LogP contribution in [0.15, 0.2) is 41.3 Å². The number of hydrogen-bond donors (Lipinski definition) is 0. The van der Waals surface area contributed by atoms with Crippen molar-refractivity contribution < 1.29 is 17.9 Å². The van der Waals surface area contributed by atoms with E-state index in [0.717, 1.165) is 24.8 Å². The Morgan fingerprint density at radius 2 is 1.77 bits per heavy atom. The van der Waals surface area contributed by atoms with Gasteiger partial charge in [-0.15, -0.1) is 0 Å². The van der Waals surface area contributed by atoms with E-state index in [1.165, 1.54) is 22.4 Å². The van der Waals surface area contributed by atoms with Crippen LogP contribution in [0.3, 0.4) is 0 Å². The van der Waals surface area contributed by atoms with E-state index in [1.54, 1.807) is 23.5 Å². The third-order valence-electron chi connectivity index (χ3n) is 10.1. The van der Waals surface area contributed by atoms with Gasteiger partial charge in [0.05, 0.1) is 17.4 Å². The normalized spacial score (nSPS) is 24.6. The highest BCUT2D eigenvalue weighted by atomic mass is 32.2. The number of benzene rings is 2. The lowest BCUT2D eigenvalue weighted by atomic mass is 9.91. The molecule has 0 amide bonds. The zero-order valence-electron chi connectivity index (χ0n) is 24.7. The third-order valence-corrected chi connectivity index (χ3v) is 17.4. The zero-order valence-corrected chi connectivity index (χ0v) is 26.6. The first kappa shape index (κ1) is 28.4. The molecule has 0 radical (unpaired) electrons. The standard InChI is InChI=1S/C31H44N2O4SSi/c1-9-37-30(34)25-19-26(32(6)38(35,36)22-16-13-20(2)14-17-22)27-24-18-15-21-11-10-12-23(21)28(24)33(29(25)27)39(7,8)31(3,4)5/h13-18,25-27,29H,9-12,19H2,1-8H3/t25-,26+,27-,29+/m0/s1. The van der Waals surface area contributed by atoms with Crippen LogP contribution in [0, 0.1) is 12.8 Å². The molecule has 39 heavy (non-hydrogen) atoms. The van der Waals surface area contributed by atoms with Gasteiger partial charge in [-0.25, -0.2) is 8.42 Å². The zero-order chi connectivity index (χ0) is 28.5. The minimum absolute atomic E-state index is 0.0393. The predicted molar refractivity (Wildman–Crippen MR) is 159 cm³/mol. The number of carbonyl (C=O) groups is 1. The van der Waals surface area contributed by atoms with Crippen LogP contribution in [0.1, 0.15) is 68.7 Å². The Labute approximate surface area is 235 Å². The lowest BCUT2D eigenvalue weighted by Gasteiger charge is -2.50. The van der Waals surface area contributed by atoms with Gasteiger partial charge < -0.3 is 9.30 Å². The molecule has 0 unspecified atom stereocenters. The molecule has 212 valence electrons. The van der Waals surface area contributed by atoms with Crippen LogP contribution in [-0.4, -0.2) is 52.7 Å². The molecule has 0 saturated heterocycles. The van der Waals surface area contributed by atoms with Crippen molar-refractivity contribution >= 4 is 29.9 Å². The fourth-order valence-electron chi connectivity index (χ4n) is 7.05. The lowest BCUT2D eigenvalue weighted by Crippen LogP contribution is -2.60. The molecule has 4 atom stereocenters. The summed E-state index contributed by atoms with van der Waals surface area (Å²) in [4.78, 5) is 13.9. The van der Waals surface area contributed by atoms with E-state index < -0.39 is 24.2 Å².